The van der Waals surface area contributed by atoms with Gasteiger partial charge in [0.1, 0.15) is 5.75 Å². The van der Waals surface area contributed by atoms with Crippen molar-refractivity contribution < 1.29 is 19.1 Å². The van der Waals surface area contributed by atoms with E-state index >= 15 is 0 Å². The number of carbonyl (C=O) groups excluding carboxylic acids is 3. The van der Waals surface area contributed by atoms with E-state index in [9.17, 15) is 14.4 Å². The van der Waals surface area contributed by atoms with Crippen LogP contribution in [0, 0.1) is 0 Å². The van der Waals surface area contributed by atoms with Gasteiger partial charge in [-0.2, -0.15) is 0 Å². The molecule has 7 heteroatoms. The van der Waals surface area contributed by atoms with Gasteiger partial charge in [0.15, 0.2) is 12.4 Å². The van der Waals surface area contributed by atoms with Crippen LogP contribution in [0.3, 0.4) is 0 Å². The fourth-order valence-corrected chi connectivity index (χ4v) is 3.42. The van der Waals surface area contributed by atoms with Gasteiger partial charge >= 0.3 is 0 Å². The number of amides is 2. The molecular formula is C22H33N3O4. The Balaban J connectivity index is 1.80. The van der Waals surface area contributed by atoms with E-state index in [1.54, 1.807) is 29.2 Å². The van der Waals surface area contributed by atoms with Gasteiger partial charge in [-0.25, -0.2) is 0 Å². The number of rotatable bonds is 9. The highest BCUT2D eigenvalue weighted by molar-refractivity contribution is 5.95. The number of hydrogen-bond donors (Lipinski definition) is 0. The van der Waals surface area contributed by atoms with E-state index in [0.29, 0.717) is 43.9 Å². The summed E-state index contributed by atoms with van der Waals surface area (Å²) < 4.78 is 5.61. The second-order valence-corrected chi connectivity index (χ2v) is 7.17. The second kappa shape index (κ2) is 11.6. The molecule has 0 N–H and O–H groups in total. The monoisotopic (exact) mass is 403 g/mol. The highest BCUT2D eigenvalue weighted by atomic mass is 16.5. The zero-order valence-electron chi connectivity index (χ0n) is 17.9. The number of ketones is 1. The van der Waals surface area contributed by atoms with Crippen molar-refractivity contribution >= 4 is 17.6 Å². The molecular weight excluding hydrogens is 370 g/mol. The Morgan fingerprint density at radius 1 is 0.966 bits per heavy atom. The second-order valence-electron chi connectivity index (χ2n) is 7.17. The van der Waals surface area contributed by atoms with E-state index in [2.05, 4.69) is 4.90 Å². The van der Waals surface area contributed by atoms with Crippen LogP contribution in [0.2, 0.25) is 0 Å². The highest BCUT2D eigenvalue weighted by Gasteiger charge is 2.22. The molecule has 2 rings (SSSR count). The highest BCUT2D eigenvalue weighted by Crippen LogP contribution is 2.14. The first-order chi connectivity index (χ1) is 14.0. The van der Waals surface area contributed by atoms with Gasteiger partial charge in [-0.05, 0) is 44.5 Å². The summed E-state index contributed by atoms with van der Waals surface area (Å²) in [6.07, 6.45) is 1.30. The molecule has 1 saturated heterocycles. The number of hydrogen-bond acceptors (Lipinski definition) is 5. The first kappa shape index (κ1) is 22.9. The predicted octanol–water partition coefficient (Wildman–Crippen LogP) is 2.06. The Labute approximate surface area is 173 Å². The Hall–Kier alpha value is -2.41. The molecule has 160 valence electrons. The molecule has 1 aliphatic heterocycles. The predicted molar refractivity (Wildman–Crippen MR) is 112 cm³/mol. The average molecular weight is 404 g/mol. The number of benzene rings is 1. The van der Waals surface area contributed by atoms with Gasteiger partial charge < -0.3 is 14.5 Å². The smallest absolute Gasteiger partial charge is 0.260 e. The van der Waals surface area contributed by atoms with Crippen molar-refractivity contribution in [1.29, 1.82) is 0 Å². The van der Waals surface area contributed by atoms with Gasteiger partial charge in [-0.3, -0.25) is 19.3 Å². The van der Waals surface area contributed by atoms with Crippen LogP contribution < -0.4 is 4.74 Å². The Morgan fingerprint density at radius 2 is 1.66 bits per heavy atom. The normalized spacial score (nSPS) is 14.9. The lowest BCUT2D eigenvalue weighted by Crippen LogP contribution is -2.42. The SMILES string of the molecule is CCC(=O)c1ccc(OCC(=O)N2CCCN(CC(=O)N(CC)CC)CC2)cc1. The van der Waals surface area contributed by atoms with Gasteiger partial charge in [0.2, 0.25) is 5.91 Å². The number of ether oxygens (including phenoxy) is 1. The van der Waals surface area contributed by atoms with Crippen LogP contribution in [-0.2, 0) is 9.59 Å². The Bertz CT molecular complexity index is 686. The van der Waals surface area contributed by atoms with E-state index in [1.165, 1.54) is 0 Å². The molecule has 0 bridgehead atoms. The summed E-state index contributed by atoms with van der Waals surface area (Å²) in [5.74, 6) is 0.743. The van der Waals surface area contributed by atoms with Gasteiger partial charge in [0, 0.05) is 51.3 Å². The van der Waals surface area contributed by atoms with E-state index in [0.717, 1.165) is 26.1 Å². The van der Waals surface area contributed by atoms with Crippen molar-refractivity contribution in [2.75, 3.05) is 52.4 Å². The average Bonchev–Trinajstić information content (AvgIpc) is 2.98. The zero-order valence-corrected chi connectivity index (χ0v) is 17.9. The van der Waals surface area contributed by atoms with Crippen molar-refractivity contribution in [2.24, 2.45) is 0 Å². The van der Waals surface area contributed by atoms with Crippen LogP contribution in [0.1, 0.15) is 44.0 Å². The van der Waals surface area contributed by atoms with Crippen LogP contribution >= 0.6 is 0 Å². The molecule has 0 aliphatic carbocycles. The fraction of sp³-hybridized carbons (Fsp3) is 0.591. The van der Waals surface area contributed by atoms with E-state index in [4.69, 9.17) is 4.74 Å². The quantitative estimate of drug-likeness (QED) is 0.591. The lowest BCUT2D eigenvalue weighted by atomic mass is 10.1. The standard InChI is InChI=1S/C22H33N3O4/c1-4-20(26)18-8-10-19(11-9-18)29-17-22(28)25-13-7-12-23(14-15-25)16-21(27)24(5-2)6-3/h8-11H,4-7,12-17H2,1-3H3. The lowest BCUT2D eigenvalue weighted by Gasteiger charge is -2.25. The molecule has 0 radical (unpaired) electrons. The van der Waals surface area contributed by atoms with Crippen LogP contribution in [0.15, 0.2) is 24.3 Å². The minimum atomic E-state index is -0.0596. The number of likely N-dealkylation sites (N-methyl/N-ethyl adjacent to an activating group) is 1. The molecule has 29 heavy (non-hydrogen) atoms. The summed E-state index contributed by atoms with van der Waals surface area (Å²) in [4.78, 5) is 42.3. The molecule has 0 atom stereocenters. The minimum Gasteiger partial charge on any atom is -0.484 e. The summed E-state index contributed by atoms with van der Waals surface area (Å²) in [5, 5.41) is 0. The van der Waals surface area contributed by atoms with Crippen LogP contribution in [0.25, 0.3) is 0 Å². The molecule has 1 aromatic carbocycles. The molecule has 7 nitrogen and oxygen atoms in total. The summed E-state index contributed by atoms with van der Waals surface area (Å²) in [5.41, 5.74) is 0.651. The van der Waals surface area contributed by atoms with Gasteiger partial charge in [0.25, 0.3) is 5.91 Å². The van der Waals surface area contributed by atoms with Crippen LogP contribution in [-0.4, -0.2) is 84.7 Å². The molecule has 1 aliphatic rings. The van der Waals surface area contributed by atoms with Crippen molar-refractivity contribution in [3.63, 3.8) is 0 Å². The molecule has 0 unspecified atom stereocenters. The molecule has 2 amide bonds. The number of carbonyl (C=O) groups is 3. The zero-order chi connectivity index (χ0) is 21.2. The molecule has 1 heterocycles. The maximum atomic E-state index is 12.5. The lowest BCUT2D eigenvalue weighted by molar-refractivity contribution is -0.133. The van der Waals surface area contributed by atoms with Gasteiger partial charge in [0.05, 0.1) is 6.54 Å². The first-order valence-electron chi connectivity index (χ1n) is 10.5. The molecule has 1 aromatic rings. The maximum Gasteiger partial charge on any atom is 0.260 e. The number of Topliss-reactive ketones (excluding diaryl/α,β-unsaturated/α-hetero) is 1. The van der Waals surface area contributed by atoms with E-state index in [1.807, 2.05) is 25.7 Å². The van der Waals surface area contributed by atoms with E-state index < -0.39 is 0 Å². The summed E-state index contributed by atoms with van der Waals surface area (Å²) >= 11 is 0. The van der Waals surface area contributed by atoms with Gasteiger partial charge in [-0.1, -0.05) is 6.92 Å². The van der Waals surface area contributed by atoms with Crippen LogP contribution in [0.4, 0.5) is 0 Å². The first-order valence-corrected chi connectivity index (χ1v) is 10.5. The molecule has 0 saturated carbocycles. The van der Waals surface area contributed by atoms with Gasteiger partial charge in [-0.15, -0.1) is 0 Å². The Morgan fingerprint density at radius 3 is 2.28 bits per heavy atom. The summed E-state index contributed by atoms with van der Waals surface area (Å²) in [6, 6.07) is 6.89. The third-order valence-corrected chi connectivity index (χ3v) is 5.28. The number of nitrogens with zero attached hydrogens (tertiary/aromatic N) is 3. The third-order valence-electron chi connectivity index (χ3n) is 5.28. The summed E-state index contributed by atoms with van der Waals surface area (Å²) in [6.45, 7) is 10.4. The Kier molecular flexibility index (Phi) is 9.12. The molecule has 0 spiro atoms. The minimum absolute atomic E-state index is 0.0283. The van der Waals surface area contributed by atoms with Crippen molar-refractivity contribution in [3.05, 3.63) is 29.8 Å². The van der Waals surface area contributed by atoms with Crippen LogP contribution in [0.5, 0.6) is 5.75 Å². The van der Waals surface area contributed by atoms with Crippen molar-refractivity contribution in [3.8, 4) is 5.75 Å². The fourth-order valence-electron chi connectivity index (χ4n) is 3.42. The van der Waals surface area contributed by atoms with Crippen molar-refractivity contribution in [1.82, 2.24) is 14.7 Å². The van der Waals surface area contributed by atoms with E-state index in [-0.39, 0.29) is 24.2 Å². The van der Waals surface area contributed by atoms with Crippen molar-refractivity contribution in [2.45, 2.75) is 33.6 Å². The summed E-state index contributed by atoms with van der Waals surface area (Å²) in [7, 11) is 0. The topological polar surface area (TPSA) is 70.2 Å². The molecule has 0 aromatic heterocycles. The maximum absolute atomic E-state index is 12.5. The molecule has 1 fully saturated rings. The largest absolute Gasteiger partial charge is 0.484 e. The third kappa shape index (κ3) is 6.85.